The number of hydrogen-bond donors (Lipinski definition) is 0. The average molecular weight is 382 g/mol. The second-order valence-electron chi connectivity index (χ2n) is 7.03. The zero-order valence-corrected chi connectivity index (χ0v) is 16.2. The Kier molecular flexibility index (Phi) is 6.57. The molecule has 28 heavy (non-hydrogen) atoms. The molecule has 1 unspecified atom stereocenters. The van der Waals surface area contributed by atoms with Crippen LogP contribution < -0.4 is 0 Å². The lowest BCUT2D eigenvalue weighted by Crippen LogP contribution is -2.51. The summed E-state index contributed by atoms with van der Waals surface area (Å²) < 4.78 is 6.88. The highest BCUT2D eigenvalue weighted by atomic mass is 16.5. The fourth-order valence-corrected chi connectivity index (χ4v) is 3.58. The van der Waals surface area contributed by atoms with E-state index < -0.39 is 5.41 Å². The molecule has 1 aromatic heterocycles. The SMILES string of the molecule is CCOC(=O)C1(CC=Cc2ccccc2)CCCN(C(=O)Cn2cncn2)C1. The van der Waals surface area contributed by atoms with Gasteiger partial charge in [0.15, 0.2) is 0 Å². The lowest BCUT2D eigenvalue weighted by molar-refractivity contribution is -0.160. The Hall–Kier alpha value is -2.96. The average Bonchev–Trinajstić information content (AvgIpc) is 3.22. The van der Waals surface area contributed by atoms with Crippen molar-refractivity contribution in [2.75, 3.05) is 19.7 Å². The number of benzene rings is 1. The Morgan fingerprint density at radius 1 is 1.29 bits per heavy atom. The van der Waals surface area contributed by atoms with Gasteiger partial charge in [0.1, 0.15) is 19.2 Å². The van der Waals surface area contributed by atoms with Crippen LogP contribution in [0.25, 0.3) is 6.08 Å². The minimum Gasteiger partial charge on any atom is -0.466 e. The standard InChI is InChI=1S/C21H26N4O3/c1-2-28-20(27)21(11-6-10-18-8-4-3-5-9-18)12-7-13-24(15-21)19(26)14-25-17-22-16-23-25/h3-6,8-10,16-17H,2,7,11-15H2,1H3. The van der Waals surface area contributed by atoms with Gasteiger partial charge in [0, 0.05) is 13.1 Å². The predicted octanol–water partition coefficient (Wildman–Crippen LogP) is 2.55. The van der Waals surface area contributed by atoms with Crippen LogP contribution >= 0.6 is 0 Å². The molecule has 1 atom stereocenters. The first kappa shape index (κ1) is 19.8. The van der Waals surface area contributed by atoms with Gasteiger partial charge in [-0.2, -0.15) is 5.10 Å². The number of carbonyl (C=O) groups excluding carboxylic acids is 2. The van der Waals surface area contributed by atoms with Gasteiger partial charge in [-0.3, -0.25) is 9.59 Å². The molecule has 1 aliphatic rings. The first-order valence-corrected chi connectivity index (χ1v) is 9.62. The van der Waals surface area contributed by atoms with Crippen LogP contribution in [0.5, 0.6) is 0 Å². The Morgan fingerprint density at radius 2 is 2.11 bits per heavy atom. The first-order chi connectivity index (χ1) is 13.6. The third-order valence-electron chi connectivity index (χ3n) is 5.02. The lowest BCUT2D eigenvalue weighted by atomic mass is 9.76. The van der Waals surface area contributed by atoms with Gasteiger partial charge in [-0.1, -0.05) is 42.5 Å². The third kappa shape index (κ3) is 4.85. The second-order valence-corrected chi connectivity index (χ2v) is 7.03. The lowest BCUT2D eigenvalue weighted by Gasteiger charge is -2.40. The molecular formula is C21H26N4O3. The Morgan fingerprint density at radius 3 is 2.82 bits per heavy atom. The molecule has 0 bridgehead atoms. The summed E-state index contributed by atoms with van der Waals surface area (Å²) in [5.74, 6) is -0.295. The van der Waals surface area contributed by atoms with E-state index in [4.69, 9.17) is 4.74 Å². The second kappa shape index (κ2) is 9.30. The maximum Gasteiger partial charge on any atom is 0.314 e. The minimum atomic E-state index is -0.711. The van der Waals surface area contributed by atoms with E-state index in [1.54, 1.807) is 4.90 Å². The maximum atomic E-state index is 12.8. The molecule has 7 nitrogen and oxygen atoms in total. The molecule has 1 aliphatic heterocycles. The van der Waals surface area contributed by atoms with E-state index in [9.17, 15) is 9.59 Å². The monoisotopic (exact) mass is 382 g/mol. The van der Waals surface area contributed by atoms with Crippen LogP contribution in [-0.4, -0.2) is 51.2 Å². The highest BCUT2D eigenvalue weighted by Gasteiger charge is 2.43. The van der Waals surface area contributed by atoms with Gasteiger partial charge >= 0.3 is 5.97 Å². The van der Waals surface area contributed by atoms with Gasteiger partial charge in [-0.25, -0.2) is 9.67 Å². The summed E-state index contributed by atoms with van der Waals surface area (Å²) >= 11 is 0. The molecule has 0 radical (unpaired) electrons. The molecule has 3 rings (SSSR count). The number of rotatable bonds is 7. The fraction of sp³-hybridized carbons (Fsp3) is 0.429. The van der Waals surface area contributed by atoms with Gasteiger partial charge in [0.2, 0.25) is 5.91 Å². The maximum absolute atomic E-state index is 12.8. The van der Waals surface area contributed by atoms with Crippen molar-refractivity contribution >= 4 is 18.0 Å². The van der Waals surface area contributed by atoms with Crippen molar-refractivity contribution in [3.63, 3.8) is 0 Å². The summed E-state index contributed by atoms with van der Waals surface area (Å²) in [6.07, 6.45) is 8.95. The van der Waals surface area contributed by atoms with E-state index >= 15 is 0 Å². The number of amides is 1. The van der Waals surface area contributed by atoms with Crippen LogP contribution in [-0.2, 0) is 20.9 Å². The van der Waals surface area contributed by atoms with Crippen molar-refractivity contribution in [2.45, 2.75) is 32.7 Å². The summed E-state index contributed by atoms with van der Waals surface area (Å²) in [6, 6.07) is 9.96. The van der Waals surface area contributed by atoms with Gasteiger partial charge in [0.05, 0.1) is 12.0 Å². The van der Waals surface area contributed by atoms with Gasteiger partial charge in [-0.05, 0) is 31.7 Å². The predicted molar refractivity (Wildman–Crippen MR) is 105 cm³/mol. The summed E-state index contributed by atoms with van der Waals surface area (Å²) in [5, 5.41) is 3.99. The number of piperidine rings is 1. The topological polar surface area (TPSA) is 77.3 Å². The summed E-state index contributed by atoms with van der Waals surface area (Å²) in [5.41, 5.74) is 0.369. The van der Waals surface area contributed by atoms with Crippen molar-refractivity contribution in [2.24, 2.45) is 5.41 Å². The Balaban J connectivity index is 1.73. The van der Waals surface area contributed by atoms with Crippen LogP contribution in [0.1, 0.15) is 31.7 Å². The molecular weight excluding hydrogens is 356 g/mol. The molecule has 2 aromatic rings. The van der Waals surface area contributed by atoms with E-state index in [1.807, 2.05) is 49.4 Å². The number of ether oxygens (including phenoxy) is 1. The van der Waals surface area contributed by atoms with Crippen LogP contribution in [0, 0.1) is 5.41 Å². The molecule has 1 fully saturated rings. The summed E-state index contributed by atoms with van der Waals surface area (Å²) in [4.78, 5) is 31.1. The van der Waals surface area contributed by atoms with Crippen LogP contribution in [0.15, 0.2) is 49.1 Å². The van der Waals surface area contributed by atoms with Crippen molar-refractivity contribution in [1.29, 1.82) is 0 Å². The molecule has 2 heterocycles. The summed E-state index contributed by atoms with van der Waals surface area (Å²) in [7, 11) is 0. The highest BCUT2D eigenvalue weighted by Crippen LogP contribution is 2.36. The minimum absolute atomic E-state index is 0.0640. The smallest absolute Gasteiger partial charge is 0.314 e. The third-order valence-corrected chi connectivity index (χ3v) is 5.02. The van der Waals surface area contributed by atoms with E-state index in [-0.39, 0.29) is 18.4 Å². The number of allylic oxidation sites excluding steroid dienone is 1. The molecule has 1 amide bonds. The molecule has 1 aromatic carbocycles. The zero-order valence-electron chi connectivity index (χ0n) is 16.2. The zero-order chi connectivity index (χ0) is 19.8. The molecule has 0 saturated carbocycles. The molecule has 148 valence electrons. The normalized spacial score (nSPS) is 19.7. The number of aromatic nitrogens is 3. The Bertz CT molecular complexity index is 804. The summed E-state index contributed by atoms with van der Waals surface area (Å²) in [6.45, 7) is 3.26. The number of nitrogens with zero attached hydrogens (tertiary/aromatic N) is 4. The molecule has 1 saturated heterocycles. The van der Waals surface area contributed by atoms with Gasteiger partial charge in [0.25, 0.3) is 0 Å². The number of carbonyl (C=O) groups is 2. The molecule has 0 aliphatic carbocycles. The highest BCUT2D eigenvalue weighted by molar-refractivity contribution is 5.81. The molecule has 0 N–H and O–H groups in total. The quantitative estimate of drug-likeness (QED) is 0.688. The van der Waals surface area contributed by atoms with Crippen molar-refractivity contribution < 1.29 is 14.3 Å². The van der Waals surface area contributed by atoms with Gasteiger partial charge in [-0.15, -0.1) is 0 Å². The van der Waals surface area contributed by atoms with Gasteiger partial charge < -0.3 is 9.64 Å². The van der Waals surface area contributed by atoms with E-state index in [2.05, 4.69) is 10.1 Å². The van der Waals surface area contributed by atoms with Crippen molar-refractivity contribution in [3.05, 3.63) is 54.6 Å². The molecule has 0 spiro atoms. The first-order valence-electron chi connectivity index (χ1n) is 9.62. The van der Waals surface area contributed by atoms with Crippen LogP contribution in [0.2, 0.25) is 0 Å². The van der Waals surface area contributed by atoms with Crippen LogP contribution in [0.3, 0.4) is 0 Å². The number of hydrogen-bond acceptors (Lipinski definition) is 5. The van der Waals surface area contributed by atoms with Crippen molar-refractivity contribution in [1.82, 2.24) is 19.7 Å². The largest absolute Gasteiger partial charge is 0.466 e. The fourth-order valence-electron chi connectivity index (χ4n) is 3.58. The number of esters is 1. The number of likely N-dealkylation sites (tertiary alicyclic amines) is 1. The Labute approximate surface area is 165 Å². The van der Waals surface area contributed by atoms with Crippen LogP contribution in [0.4, 0.5) is 0 Å². The van der Waals surface area contributed by atoms with E-state index in [1.165, 1.54) is 17.3 Å². The van der Waals surface area contributed by atoms with Crippen molar-refractivity contribution in [3.8, 4) is 0 Å². The molecule has 7 heteroatoms. The van der Waals surface area contributed by atoms with E-state index in [0.29, 0.717) is 32.5 Å². The van der Waals surface area contributed by atoms with E-state index in [0.717, 1.165) is 12.0 Å².